The highest BCUT2D eigenvalue weighted by atomic mass is 14.9. The first-order valence-electron chi connectivity index (χ1n) is 2.97. The number of aromatic nitrogens is 2. The van der Waals surface area contributed by atoms with Gasteiger partial charge in [-0.2, -0.15) is 5.26 Å². The Bertz CT molecular complexity index is 241. The van der Waals surface area contributed by atoms with Crippen molar-refractivity contribution >= 4 is 6.08 Å². The summed E-state index contributed by atoms with van der Waals surface area (Å²) < 4.78 is 0. The lowest BCUT2D eigenvalue weighted by molar-refractivity contribution is 1.27. The Balaban J connectivity index is 0.000000218. The van der Waals surface area contributed by atoms with E-state index in [-0.39, 0.29) is 0 Å². The van der Waals surface area contributed by atoms with E-state index in [1.165, 1.54) is 6.08 Å². The van der Waals surface area contributed by atoms with Crippen LogP contribution < -0.4 is 0 Å². The molecule has 0 aliphatic carbocycles. The van der Waals surface area contributed by atoms with E-state index in [4.69, 9.17) is 5.26 Å². The normalized spacial score (nSPS) is 6.82. The molecule has 0 bridgehead atoms. The van der Waals surface area contributed by atoms with Gasteiger partial charge in [0, 0.05) is 18.5 Å². The Morgan fingerprint density at radius 1 is 1.64 bits per heavy atom. The van der Waals surface area contributed by atoms with Crippen LogP contribution in [0.1, 0.15) is 5.82 Å². The van der Waals surface area contributed by atoms with Crippen molar-refractivity contribution in [3.63, 3.8) is 0 Å². The monoisotopic (exact) mass is 147 g/mol. The highest BCUT2D eigenvalue weighted by Gasteiger charge is 1.78. The second-order valence-corrected chi connectivity index (χ2v) is 1.51. The summed E-state index contributed by atoms with van der Waals surface area (Å²) in [6, 6.07) is 1.69. The summed E-state index contributed by atoms with van der Waals surface area (Å²) in [4.78, 5) is 6.72. The molecule has 0 saturated heterocycles. The molecule has 0 aliphatic rings. The number of imidazole rings is 1. The van der Waals surface area contributed by atoms with E-state index in [0.717, 1.165) is 5.82 Å². The molecule has 56 valence electrons. The van der Waals surface area contributed by atoms with Gasteiger partial charge in [0.05, 0.1) is 6.07 Å². The van der Waals surface area contributed by atoms with Gasteiger partial charge in [-0.15, -0.1) is 0 Å². The fourth-order valence-corrected chi connectivity index (χ4v) is 0.389. The Morgan fingerprint density at radius 2 is 2.27 bits per heavy atom. The highest BCUT2D eigenvalue weighted by molar-refractivity contribution is 5.34. The van der Waals surface area contributed by atoms with Crippen LogP contribution in [-0.4, -0.2) is 9.97 Å². The number of nitriles is 1. The van der Waals surface area contributed by atoms with Crippen molar-refractivity contribution in [3.8, 4) is 6.07 Å². The van der Waals surface area contributed by atoms with Crippen LogP contribution in [0.3, 0.4) is 0 Å². The standard InChI is InChI=1S/C5H6N2.C3H3N/c1-2-5-6-3-4-7-5;1-2-3-4/h2-4H,1H2,(H,6,7);2H,1H2. The molecule has 0 spiro atoms. The Hall–Kier alpha value is -1.82. The minimum Gasteiger partial charge on any atom is -0.345 e. The van der Waals surface area contributed by atoms with Crippen molar-refractivity contribution in [3.05, 3.63) is 37.5 Å². The number of aromatic amines is 1. The summed E-state index contributed by atoms with van der Waals surface area (Å²) in [6.07, 6.45) is 6.30. The number of rotatable bonds is 1. The maximum atomic E-state index is 7.51. The molecule has 3 heteroatoms. The number of nitrogens with zero attached hydrogens (tertiary/aromatic N) is 2. The second kappa shape index (κ2) is 6.30. The smallest absolute Gasteiger partial charge is 0.129 e. The van der Waals surface area contributed by atoms with Crippen LogP contribution in [0.15, 0.2) is 31.6 Å². The van der Waals surface area contributed by atoms with Crippen LogP contribution in [-0.2, 0) is 0 Å². The zero-order chi connectivity index (χ0) is 8.53. The van der Waals surface area contributed by atoms with E-state index in [1.807, 2.05) is 0 Å². The van der Waals surface area contributed by atoms with Crippen LogP contribution in [0, 0.1) is 11.3 Å². The van der Waals surface area contributed by atoms with Gasteiger partial charge in [0.2, 0.25) is 0 Å². The summed E-state index contributed by atoms with van der Waals surface area (Å²) in [6.45, 7) is 6.63. The van der Waals surface area contributed by atoms with Crippen LogP contribution >= 0.6 is 0 Å². The van der Waals surface area contributed by atoms with Crippen molar-refractivity contribution < 1.29 is 0 Å². The predicted molar refractivity (Wildman–Crippen MR) is 44.5 cm³/mol. The van der Waals surface area contributed by atoms with Crippen molar-refractivity contribution in [1.29, 1.82) is 5.26 Å². The molecule has 1 aromatic heterocycles. The first-order chi connectivity index (χ1) is 5.35. The minimum atomic E-state index is 0.819. The SMILES string of the molecule is C=CC#N.C=Cc1ncc[nH]1. The quantitative estimate of drug-likeness (QED) is 0.615. The van der Waals surface area contributed by atoms with E-state index < -0.39 is 0 Å². The van der Waals surface area contributed by atoms with Gasteiger partial charge in [-0.3, -0.25) is 0 Å². The molecule has 1 heterocycles. The van der Waals surface area contributed by atoms with E-state index in [0.29, 0.717) is 0 Å². The van der Waals surface area contributed by atoms with Gasteiger partial charge in [-0.05, 0) is 6.08 Å². The van der Waals surface area contributed by atoms with Gasteiger partial charge in [-0.1, -0.05) is 13.2 Å². The molecule has 0 aliphatic heterocycles. The molecule has 0 aromatic carbocycles. The number of hydrogen-bond acceptors (Lipinski definition) is 2. The second-order valence-electron chi connectivity index (χ2n) is 1.51. The first-order valence-corrected chi connectivity index (χ1v) is 2.97. The van der Waals surface area contributed by atoms with Gasteiger partial charge in [0.25, 0.3) is 0 Å². The molecule has 0 amide bonds. The van der Waals surface area contributed by atoms with Crippen LogP contribution in [0.2, 0.25) is 0 Å². The summed E-state index contributed by atoms with van der Waals surface area (Å²) >= 11 is 0. The lowest BCUT2D eigenvalue weighted by Crippen LogP contribution is -1.67. The molecule has 11 heavy (non-hydrogen) atoms. The predicted octanol–water partition coefficient (Wildman–Crippen LogP) is 1.75. The molecule has 0 unspecified atom stereocenters. The number of allylic oxidation sites excluding steroid dienone is 1. The van der Waals surface area contributed by atoms with E-state index >= 15 is 0 Å². The molecule has 1 N–H and O–H groups in total. The first kappa shape index (κ1) is 9.18. The molecule has 0 atom stereocenters. The van der Waals surface area contributed by atoms with Gasteiger partial charge >= 0.3 is 0 Å². The summed E-state index contributed by atoms with van der Waals surface area (Å²) in [5, 5.41) is 7.51. The summed E-state index contributed by atoms with van der Waals surface area (Å²) in [7, 11) is 0. The molecule has 0 radical (unpaired) electrons. The third-order valence-corrected chi connectivity index (χ3v) is 0.804. The van der Waals surface area contributed by atoms with Crippen molar-refractivity contribution in [1.82, 2.24) is 9.97 Å². The molecule has 1 aromatic rings. The Morgan fingerprint density at radius 3 is 2.45 bits per heavy atom. The topological polar surface area (TPSA) is 52.5 Å². The van der Waals surface area contributed by atoms with E-state index in [2.05, 4.69) is 23.1 Å². The lowest BCUT2D eigenvalue weighted by atomic mass is 10.6. The van der Waals surface area contributed by atoms with Gasteiger partial charge in [-0.25, -0.2) is 4.98 Å². The molecule has 3 nitrogen and oxygen atoms in total. The van der Waals surface area contributed by atoms with Crippen molar-refractivity contribution in [2.75, 3.05) is 0 Å². The van der Waals surface area contributed by atoms with Crippen LogP contribution in [0.5, 0.6) is 0 Å². The third-order valence-electron chi connectivity index (χ3n) is 0.804. The van der Waals surface area contributed by atoms with Crippen LogP contribution in [0.25, 0.3) is 6.08 Å². The zero-order valence-electron chi connectivity index (χ0n) is 6.12. The van der Waals surface area contributed by atoms with Crippen molar-refractivity contribution in [2.45, 2.75) is 0 Å². The fourth-order valence-electron chi connectivity index (χ4n) is 0.389. The Labute approximate surface area is 65.7 Å². The lowest BCUT2D eigenvalue weighted by Gasteiger charge is -1.73. The molecule has 0 fully saturated rings. The van der Waals surface area contributed by atoms with Gasteiger partial charge < -0.3 is 4.98 Å². The van der Waals surface area contributed by atoms with E-state index in [1.54, 1.807) is 24.5 Å². The third kappa shape index (κ3) is 4.67. The summed E-state index contributed by atoms with van der Waals surface area (Å²) in [5.41, 5.74) is 0. The minimum absolute atomic E-state index is 0.819. The van der Waals surface area contributed by atoms with E-state index in [9.17, 15) is 0 Å². The average molecular weight is 147 g/mol. The number of nitrogens with one attached hydrogen (secondary N) is 1. The molecule has 0 saturated carbocycles. The molecular formula is C8H9N3. The van der Waals surface area contributed by atoms with Crippen molar-refractivity contribution in [2.24, 2.45) is 0 Å². The zero-order valence-corrected chi connectivity index (χ0v) is 6.12. The van der Waals surface area contributed by atoms with Crippen LogP contribution in [0.4, 0.5) is 0 Å². The number of H-pyrrole nitrogens is 1. The molecule has 1 rings (SSSR count). The average Bonchev–Trinajstić information content (AvgIpc) is 2.56. The maximum absolute atomic E-state index is 7.51. The summed E-state index contributed by atoms with van der Waals surface area (Å²) in [5.74, 6) is 0.819. The largest absolute Gasteiger partial charge is 0.345 e. The fraction of sp³-hybridized carbons (Fsp3) is 0. The van der Waals surface area contributed by atoms with Gasteiger partial charge in [0.1, 0.15) is 5.82 Å². The maximum Gasteiger partial charge on any atom is 0.129 e. The Kier molecular flexibility index (Phi) is 5.26. The number of hydrogen-bond donors (Lipinski definition) is 1. The van der Waals surface area contributed by atoms with Gasteiger partial charge in [0.15, 0.2) is 0 Å². The highest BCUT2D eigenvalue weighted by Crippen LogP contribution is 1.85. The molecular weight excluding hydrogens is 138 g/mol.